The summed E-state index contributed by atoms with van der Waals surface area (Å²) in [7, 11) is 1.70. The number of rotatable bonds is 4. The van der Waals surface area contributed by atoms with E-state index in [1.54, 1.807) is 7.11 Å². The Hall–Kier alpha value is -0.650. The number of carbonyl (C=O) groups excluding carboxylic acids is 1. The SMILES string of the molecule is CCC1(C)NCN(CC2(OC)CCOC2)C1=O. The molecule has 0 radical (unpaired) electrons. The number of nitrogens with one attached hydrogen (secondary N) is 1. The van der Waals surface area contributed by atoms with Gasteiger partial charge in [0.05, 0.1) is 25.4 Å². The summed E-state index contributed by atoms with van der Waals surface area (Å²) in [5.41, 5.74) is -0.718. The van der Waals surface area contributed by atoms with E-state index in [0.29, 0.717) is 26.4 Å². The van der Waals surface area contributed by atoms with E-state index in [-0.39, 0.29) is 11.5 Å². The zero-order valence-corrected chi connectivity index (χ0v) is 10.9. The highest BCUT2D eigenvalue weighted by Crippen LogP contribution is 2.27. The molecule has 1 N–H and O–H groups in total. The van der Waals surface area contributed by atoms with Crippen molar-refractivity contribution in [2.75, 3.05) is 33.5 Å². The molecule has 0 bridgehead atoms. The van der Waals surface area contributed by atoms with E-state index >= 15 is 0 Å². The molecule has 2 rings (SSSR count). The van der Waals surface area contributed by atoms with Gasteiger partial charge >= 0.3 is 0 Å². The third kappa shape index (κ3) is 2.19. The average molecular weight is 242 g/mol. The first kappa shape index (κ1) is 12.8. The molecule has 2 aliphatic heterocycles. The molecule has 98 valence electrons. The normalized spacial score (nSPS) is 38.1. The summed E-state index contributed by atoms with van der Waals surface area (Å²) in [4.78, 5) is 14.1. The van der Waals surface area contributed by atoms with Crippen LogP contribution in [0.5, 0.6) is 0 Å². The Labute approximate surface area is 102 Å². The fourth-order valence-electron chi connectivity index (χ4n) is 2.46. The molecule has 0 spiro atoms. The van der Waals surface area contributed by atoms with Gasteiger partial charge in [0.25, 0.3) is 0 Å². The molecule has 0 aromatic heterocycles. The molecule has 0 aliphatic carbocycles. The predicted octanol–water partition coefficient (Wildman–Crippen LogP) is 0.350. The molecule has 1 amide bonds. The van der Waals surface area contributed by atoms with Crippen LogP contribution in [0.15, 0.2) is 0 Å². The second kappa shape index (κ2) is 4.55. The first-order valence-corrected chi connectivity index (χ1v) is 6.22. The van der Waals surface area contributed by atoms with Gasteiger partial charge in [-0.2, -0.15) is 0 Å². The summed E-state index contributed by atoms with van der Waals surface area (Å²) in [6.07, 6.45) is 1.66. The van der Waals surface area contributed by atoms with Crippen molar-refractivity contribution in [1.82, 2.24) is 10.2 Å². The molecule has 2 fully saturated rings. The van der Waals surface area contributed by atoms with Gasteiger partial charge in [-0.05, 0) is 13.3 Å². The van der Waals surface area contributed by atoms with Crippen LogP contribution >= 0.6 is 0 Å². The molecule has 5 nitrogen and oxygen atoms in total. The number of methoxy groups -OCH3 is 1. The Morgan fingerprint density at radius 2 is 2.35 bits per heavy atom. The van der Waals surface area contributed by atoms with Gasteiger partial charge in [-0.3, -0.25) is 10.1 Å². The van der Waals surface area contributed by atoms with Gasteiger partial charge in [0.2, 0.25) is 5.91 Å². The maximum absolute atomic E-state index is 12.3. The Balaban J connectivity index is 2.03. The Kier molecular flexibility index (Phi) is 3.43. The minimum atomic E-state index is -0.408. The summed E-state index contributed by atoms with van der Waals surface area (Å²) >= 11 is 0. The minimum Gasteiger partial charge on any atom is -0.378 e. The number of ether oxygens (including phenoxy) is 2. The van der Waals surface area contributed by atoms with Gasteiger partial charge in [-0.15, -0.1) is 0 Å². The molecule has 5 heteroatoms. The quantitative estimate of drug-likeness (QED) is 0.773. The molecule has 2 atom stereocenters. The maximum atomic E-state index is 12.3. The van der Waals surface area contributed by atoms with Crippen molar-refractivity contribution in [2.45, 2.75) is 37.8 Å². The van der Waals surface area contributed by atoms with Crippen molar-refractivity contribution in [3.8, 4) is 0 Å². The van der Waals surface area contributed by atoms with Gasteiger partial charge in [0.15, 0.2) is 0 Å². The highest BCUT2D eigenvalue weighted by molar-refractivity contribution is 5.87. The molecule has 2 heterocycles. The van der Waals surface area contributed by atoms with Crippen LogP contribution in [0.2, 0.25) is 0 Å². The fraction of sp³-hybridized carbons (Fsp3) is 0.917. The standard InChI is InChI=1S/C12H22N2O3/c1-4-11(2)10(15)14(9-13-11)7-12(16-3)5-6-17-8-12/h13H,4-9H2,1-3H3. The van der Waals surface area contributed by atoms with E-state index in [1.165, 1.54) is 0 Å². The van der Waals surface area contributed by atoms with Crippen LogP contribution in [0.3, 0.4) is 0 Å². The highest BCUT2D eigenvalue weighted by atomic mass is 16.5. The van der Waals surface area contributed by atoms with E-state index in [1.807, 2.05) is 18.7 Å². The van der Waals surface area contributed by atoms with Crippen molar-refractivity contribution in [1.29, 1.82) is 0 Å². The third-order valence-corrected chi connectivity index (χ3v) is 4.11. The number of hydrogen-bond donors (Lipinski definition) is 1. The summed E-state index contributed by atoms with van der Waals surface area (Å²) in [6.45, 7) is 6.50. The smallest absolute Gasteiger partial charge is 0.243 e. The molecule has 0 saturated carbocycles. The lowest BCUT2D eigenvalue weighted by molar-refractivity contribution is -0.136. The Morgan fingerprint density at radius 3 is 2.82 bits per heavy atom. The maximum Gasteiger partial charge on any atom is 0.243 e. The van der Waals surface area contributed by atoms with Crippen LogP contribution in [0.1, 0.15) is 26.7 Å². The highest BCUT2D eigenvalue weighted by Gasteiger charge is 2.45. The van der Waals surface area contributed by atoms with E-state index in [0.717, 1.165) is 12.8 Å². The molecule has 2 unspecified atom stereocenters. The van der Waals surface area contributed by atoms with Crippen LogP contribution in [0.4, 0.5) is 0 Å². The third-order valence-electron chi connectivity index (χ3n) is 4.11. The molecule has 2 saturated heterocycles. The van der Waals surface area contributed by atoms with E-state index in [2.05, 4.69) is 5.32 Å². The van der Waals surface area contributed by atoms with Gasteiger partial charge in [0, 0.05) is 20.1 Å². The second-order valence-electron chi connectivity index (χ2n) is 5.21. The van der Waals surface area contributed by atoms with Crippen LogP contribution < -0.4 is 5.32 Å². The number of hydrogen-bond acceptors (Lipinski definition) is 4. The van der Waals surface area contributed by atoms with Gasteiger partial charge in [0.1, 0.15) is 5.60 Å². The predicted molar refractivity (Wildman–Crippen MR) is 63.6 cm³/mol. The van der Waals surface area contributed by atoms with Gasteiger partial charge in [-0.1, -0.05) is 6.92 Å². The summed E-state index contributed by atoms with van der Waals surface area (Å²) in [5.74, 6) is 0.170. The molecule has 0 aromatic carbocycles. The second-order valence-corrected chi connectivity index (χ2v) is 5.21. The first-order chi connectivity index (χ1) is 8.05. The zero-order chi connectivity index (χ0) is 12.5. The fourth-order valence-corrected chi connectivity index (χ4v) is 2.46. The van der Waals surface area contributed by atoms with E-state index in [9.17, 15) is 4.79 Å². The summed E-state index contributed by atoms with van der Waals surface area (Å²) in [5, 5.41) is 3.28. The minimum absolute atomic E-state index is 0.170. The molecule has 17 heavy (non-hydrogen) atoms. The summed E-state index contributed by atoms with van der Waals surface area (Å²) in [6, 6.07) is 0. The van der Waals surface area contributed by atoms with Crippen LogP contribution in [-0.2, 0) is 14.3 Å². The average Bonchev–Trinajstić information content (AvgIpc) is 2.91. The van der Waals surface area contributed by atoms with Crippen LogP contribution in [0, 0.1) is 0 Å². The lowest BCUT2D eigenvalue weighted by atomic mass is 9.98. The van der Waals surface area contributed by atoms with Gasteiger partial charge < -0.3 is 14.4 Å². The van der Waals surface area contributed by atoms with Gasteiger partial charge in [-0.25, -0.2) is 0 Å². The number of amides is 1. The van der Waals surface area contributed by atoms with E-state index < -0.39 is 5.54 Å². The zero-order valence-electron chi connectivity index (χ0n) is 10.9. The van der Waals surface area contributed by atoms with Crippen molar-refractivity contribution in [2.24, 2.45) is 0 Å². The molecule has 2 aliphatic rings. The largest absolute Gasteiger partial charge is 0.378 e. The van der Waals surface area contributed by atoms with Crippen molar-refractivity contribution in [3.63, 3.8) is 0 Å². The number of nitrogens with zero attached hydrogens (tertiary/aromatic N) is 1. The molecule has 0 aromatic rings. The van der Waals surface area contributed by atoms with Crippen molar-refractivity contribution >= 4 is 5.91 Å². The topological polar surface area (TPSA) is 50.8 Å². The molecular formula is C12H22N2O3. The monoisotopic (exact) mass is 242 g/mol. The lowest BCUT2D eigenvalue weighted by Crippen LogP contribution is -2.48. The Bertz CT molecular complexity index is 302. The molecular weight excluding hydrogens is 220 g/mol. The van der Waals surface area contributed by atoms with Crippen LogP contribution in [-0.4, -0.2) is 55.5 Å². The Morgan fingerprint density at radius 1 is 1.59 bits per heavy atom. The lowest BCUT2D eigenvalue weighted by Gasteiger charge is -2.31. The first-order valence-electron chi connectivity index (χ1n) is 6.22. The van der Waals surface area contributed by atoms with Crippen molar-refractivity contribution < 1.29 is 14.3 Å². The van der Waals surface area contributed by atoms with Crippen LogP contribution in [0.25, 0.3) is 0 Å². The number of carbonyl (C=O) groups is 1. The summed E-state index contributed by atoms with van der Waals surface area (Å²) < 4.78 is 11.0. The van der Waals surface area contributed by atoms with E-state index in [4.69, 9.17) is 9.47 Å². The van der Waals surface area contributed by atoms with Crippen molar-refractivity contribution in [3.05, 3.63) is 0 Å².